The molecule has 0 aliphatic rings. The number of carboxylic acid groups (broad SMARTS) is 1. The first kappa shape index (κ1) is 13.6. The SMILES string of the molecule is O=C(O)C(Cc1cc(Br)ccc1O)c1ccccc1. The zero-order chi connectivity index (χ0) is 13.8. The first-order valence-corrected chi connectivity index (χ1v) is 6.62. The highest BCUT2D eigenvalue weighted by molar-refractivity contribution is 9.10. The van der Waals surface area contributed by atoms with Gasteiger partial charge in [0, 0.05) is 4.47 Å². The highest BCUT2D eigenvalue weighted by Crippen LogP contribution is 2.28. The molecule has 0 aromatic heterocycles. The number of halogens is 1. The Morgan fingerprint density at radius 2 is 1.84 bits per heavy atom. The molecule has 0 aliphatic heterocycles. The summed E-state index contributed by atoms with van der Waals surface area (Å²) in [7, 11) is 0. The molecule has 1 atom stereocenters. The van der Waals surface area contributed by atoms with E-state index in [1.54, 1.807) is 30.3 Å². The zero-order valence-corrected chi connectivity index (χ0v) is 11.7. The van der Waals surface area contributed by atoms with Crippen molar-refractivity contribution in [2.45, 2.75) is 12.3 Å². The molecule has 98 valence electrons. The van der Waals surface area contributed by atoms with Crippen molar-refractivity contribution < 1.29 is 15.0 Å². The highest BCUT2D eigenvalue weighted by atomic mass is 79.9. The van der Waals surface area contributed by atoms with Crippen molar-refractivity contribution >= 4 is 21.9 Å². The molecule has 3 nitrogen and oxygen atoms in total. The molecule has 0 saturated heterocycles. The predicted octanol–water partition coefficient (Wildman–Crippen LogP) is 3.57. The molecule has 0 heterocycles. The van der Waals surface area contributed by atoms with Crippen LogP contribution in [0.25, 0.3) is 0 Å². The summed E-state index contributed by atoms with van der Waals surface area (Å²) in [6.45, 7) is 0. The topological polar surface area (TPSA) is 57.5 Å². The molecule has 0 fully saturated rings. The number of phenolic OH excluding ortho intramolecular Hbond substituents is 1. The van der Waals surface area contributed by atoms with Crippen molar-refractivity contribution in [1.82, 2.24) is 0 Å². The van der Waals surface area contributed by atoms with Crippen LogP contribution in [0.3, 0.4) is 0 Å². The summed E-state index contributed by atoms with van der Waals surface area (Å²) < 4.78 is 0.817. The van der Waals surface area contributed by atoms with E-state index >= 15 is 0 Å². The van der Waals surface area contributed by atoms with Crippen molar-refractivity contribution in [3.05, 3.63) is 64.1 Å². The molecule has 0 bridgehead atoms. The van der Waals surface area contributed by atoms with E-state index in [-0.39, 0.29) is 12.2 Å². The van der Waals surface area contributed by atoms with Crippen LogP contribution in [0.5, 0.6) is 5.75 Å². The molecule has 1 unspecified atom stereocenters. The number of hydrogen-bond acceptors (Lipinski definition) is 2. The summed E-state index contributed by atoms with van der Waals surface area (Å²) in [5, 5.41) is 19.2. The Morgan fingerprint density at radius 1 is 1.16 bits per heavy atom. The quantitative estimate of drug-likeness (QED) is 0.905. The number of benzene rings is 2. The van der Waals surface area contributed by atoms with Crippen molar-refractivity contribution in [3.8, 4) is 5.75 Å². The summed E-state index contributed by atoms with van der Waals surface area (Å²) in [6.07, 6.45) is 0.255. The minimum Gasteiger partial charge on any atom is -0.508 e. The van der Waals surface area contributed by atoms with E-state index in [4.69, 9.17) is 0 Å². The average molecular weight is 321 g/mol. The number of aliphatic carboxylic acids is 1. The van der Waals surface area contributed by atoms with E-state index in [0.717, 1.165) is 10.0 Å². The lowest BCUT2D eigenvalue weighted by atomic mass is 9.92. The number of rotatable bonds is 4. The fourth-order valence-corrected chi connectivity index (χ4v) is 2.38. The van der Waals surface area contributed by atoms with Gasteiger partial charge in [0.2, 0.25) is 0 Å². The maximum Gasteiger partial charge on any atom is 0.311 e. The van der Waals surface area contributed by atoms with E-state index in [0.29, 0.717) is 5.56 Å². The first-order chi connectivity index (χ1) is 9.08. The molecule has 19 heavy (non-hydrogen) atoms. The molecule has 2 rings (SSSR count). The van der Waals surface area contributed by atoms with Crippen molar-refractivity contribution in [1.29, 1.82) is 0 Å². The van der Waals surface area contributed by atoms with Crippen LogP contribution in [0.1, 0.15) is 17.0 Å². The third-order valence-electron chi connectivity index (χ3n) is 2.97. The summed E-state index contributed by atoms with van der Waals surface area (Å²) in [5.41, 5.74) is 1.35. The fourth-order valence-electron chi connectivity index (χ4n) is 1.97. The number of phenols is 1. The molecule has 2 aromatic rings. The smallest absolute Gasteiger partial charge is 0.311 e. The molecular weight excluding hydrogens is 308 g/mol. The van der Waals surface area contributed by atoms with Gasteiger partial charge in [0.15, 0.2) is 0 Å². The van der Waals surface area contributed by atoms with Gasteiger partial charge in [0.25, 0.3) is 0 Å². The number of aromatic hydroxyl groups is 1. The van der Waals surface area contributed by atoms with E-state index in [9.17, 15) is 15.0 Å². The average Bonchev–Trinajstić information content (AvgIpc) is 2.40. The van der Waals surface area contributed by atoms with Gasteiger partial charge in [-0.1, -0.05) is 46.3 Å². The Bertz CT molecular complexity index is 581. The largest absolute Gasteiger partial charge is 0.508 e. The Labute approximate surface area is 119 Å². The molecule has 0 amide bonds. The Kier molecular flexibility index (Phi) is 4.22. The maximum atomic E-state index is 11.4. The van der Waals surface area contributed by atoms with Gasteiger partial charge in [0.05, 0.1) is 5.92 Å². The Balaban J connectivity index is 2.32. The fraction of sp³-hybridized carbons (Fsp3) is 0.133. The van der Waals surface area contributed by atoms with E-state index < -0.39 is 11.9 Å². The second-order valence-corrected chi connectivity index (χ2v) is 5.19. The highest BCUT2D eigenvalue weighted by Gasteiger charge is 2.21. The maximum absolute atomic E-state index is 11.4. The summed E-state index contributed by atoms with van der Waals surface area (Å²) >= 11 is 3.32. The predicted molar refractivity (Wildman–Crippen MR) is 76.3 cm³/mol. The molecule has 4 heteroatoms. The normalized spacial score (nSPS) is 12.1. The molecule has 0 spiro atoms. The van der Waals surface area contributed by atoms with E-state index in [2.05, 4.69) is 15.9 Å². The van der Waals surface area contributed by atoms with Gasteiger partial charge >= 0.3 is 5.97 Å². The van der Waals surface area contributed by atoms with Gasteiger partial charge in [-0.15, -0.1) is 0 Å². The second-order valence-electron chi connectivity index (χ2n) is 4.28. The van der Waals surface area contributed by atoms with Crippen molar-refractivity contribution in [2.24, 2.45) is 0 Å². The lowest BCUT2D eigenvalue weighted by Gasteiger charge is -2.14. The minimum absolute atomic E-state index is 0.116. The third-order valence-corrected chi connectivity index (χ3v) is 3.46. The van der Waals surface area contributed by atoms with Crippen LogP contribution < -0.4 is 0 Å². The molecule has 0 aliphatic carbocycles. The minimum atomic E-state index is -0.898. The molecule has 2 aromatic carbocycles. The van der Waals surface area contributed by atoms with Gasteiger partial charge in [-0.2, -0.15) is 0 Å². The summed E-state index contributed by atoms with van der Waals surface area (Å²) in [6, 6.07) is 14.1. The summed E-state index contributed by atoms with van der Waals surface area (Å²) in [4.78, 5) is 11.4. The van der Waals surface area contributed by atoms with Crippen molar-refractivity contribution in [2.75, 3.05) is 0 Å². The van der Waals surface area contributed by atoms with E-state index in [1.807, 2.05) is 18.2 Å². The monoisotopic (exact) mass is 320 g/mol. The van der Waals surface area contributed by atoms with E-state index in [1.165, 1.54) is 0 Å². The van der Waals surface area contributed by atoms with Crippen LogP contribution in [0, 0.1) is 0 Å². The Hall–Kier alpha value is -1.81. The molecule has 0 radical (unpaired) electrons. The zero-order valence-electron chi connectivity index (χ0n) is 10.1. The van der Waals surface area contributed by atoms with Crippen LogP contribution >= 0.6 is 15.9 Å². The van der Waals surface area contributed by atoms with Crippen LogP contribution in [0.2, 0.25) is 0 Å². The molecule has 0 saturated carbocycles. The van der Waals surface area contributed by atoms with Gasteiger partial charge in [-0.05, 0) is 35.7 Å². The van der Waals surface area contributed by atoms with Gasteiger partial charge in [0.1, 0.15) is 5.75 Å². The lowest BCUT2D eigenvalue weighted by Crippen LogP contribution is -2.14. The van der Waals surface area contributed by atoms with Gasteiger partial charge in [-0.25, -0.2) is 0 Å². The van der Waals surface area contributed by atoms with Crippen LogP contribution in [-0.2, 0) is 11.2 Å². The summed E-state index contributed by atoms with van der Waals surface area (Å²) in [5.74, 6) is -1.45. The van der Waals surface area contributed by atoms with Crippen LogP contribution in [-0.4, -0.2) is 16.2 Å². The number of carboxylic acids is 1. The lowest BCUT2D eigenvalue weighted by molar-refractivity contribution is -0.138. The number of carbonyl (C=O) groups is 1. The van der Waals surface area contributed by atoms with Gasteiger partial charge in [-0.3, -0.25) is 4.79 Å². The standard InChI is InChI=1S/C15H13BrO3/c16-12-6-7-14(17)11(8-12)9-13(15(18)19)10-4-2-1-3-5-10/h1-8,13,17H,9H2,(H,18,19). The first-order valence-electron chi connectivity index (χ1n) is 5.83. The van der Waals surface area contributed by atoms with Gasteiger partial charge < -0.3 is 10.2 Å². The third kappa shape index (κ3) is 3.35. The van der Waals surface area contributed by atoms with Crippen molar-refractivity contribution in [3.63, 3.8) is 0 Å². The molecule has 2 N–H and O–H groups in total. The molecular formula is C15H13BrO3. The number of hydrogen-bond donors (Lipinski definition) is 2. The van der Waals surface area contributed by atoms with Crippen LogP contribution in [0.15, 0.2) is 53.0 Å². The second kappa shape index (κ2) is 5.89. The van der Waals surface area contributed by atoms with Crippen LogP contribution in [0.4, 0.5) is 0 Å². The Morgan fingerprint density at radius 3 is 2.47 bits per heavy atom.